The molecule has 0 atom stereocenters. The SMILES string of the molecule is Cc1c(NN)nc(C(C)C)nc1Oc1ccccc1CO. The molecule has 0 aliphatic heterocycles. The van der Waals surface area contributed by atoms with E-state index in [2.05, 4.69) is 15.4 Å². The van der Waals surface area contributed by atoms with Crippen LogP contribution in [0.5, 0.6) is 11.6 Å². The van der Waals surface area contributed by atoms with E-state index in [1.165, 1.54) is 0 Å². The number of aromatic nitrogens is 2. The Kier molecular flexibility index (Phi) is 4.72. The standard InChI is InChI=1S/C15H20N4O2/c1-9(2)13-17-14(19-16)10(3)15(18-13)21-12-7-5-4-6-11(12)8-20/h4-7,9,20H,8,16H2,1-3H3,(H,17,18,19). The van der Waals surface area contributed by atoms with Gasteiger partial charge in [-0.05, 0) is 13.0 Å². The van der Waals surface area contributed by atoms with E-state index in [1.54, 1.807) is 12.1 Å². The molecule has 6 heteroatoms. The second-order valence-electron chi connectivity index (χ2n) is 5.03. The number of nitrogen functional groups attached to an aromatic ring is 1. The van der Waals surface area contributed by atoms with Crippen LogP contribution in [0.25, 0.3) is 0 Å². The van der Waals surface area contributed by atoms with Gasteiger partial charge in [-0.25, -0.2) is 10.8 Å². The van der Waals surface area contributed by atoms with E-state index < -0.39 is 0 Å². The van der Waals surface area contributed by atoms with Gasteiger partial charge in [-0.2, -0.15) is 4.98 Å². The van der Waals surface area contributed by atoms with Crippen LogP contribution in [0, 0.1) is 6.92 Å². The van der Waals surface area contributed by atoms with Gasteiger partial charge in [0, 0.05) is 11.5 Å². The summed E-state index contributed by atoms with van der Waals surface area (Å²) in [6.45, 7) is 5.72. The lowest BCUT2D eigenvalue weighted by Gasteiger charge is -2.15. The van der Waals surface area contributed by atoms with Crippen molar-refractivity contribution in [2.75, 3.05) is 5.43 Å². The van der Waals surface area contributed by atoms with Gasteiger partial charge < -0.3 is 15.3 Å². The number of aliphatic hydroxyl groups is 1. The number of nitrogens with zero attached hydrogens (tertiary/aromatic N) is 2. The second kappa shape index (κ2) is 6.51. The molecule has 0 radical (unpaired) electrons. The van der Waals surface area contributed by atoms with Crippen molar-refractivity contribution in [3.8, 4) is 11.6 Å². The predicted molar refractivity (Wildman–Crippen MR) is 81.1 cm³/mol. The van der Waals surface area contributed by atoms with Crippen LogP contribution in [0.2, 0.25) is 0 Å². The van der Waals surface area contributed by atoms with E-state index in [-0.39, 0.29) is 12.5 Å². The third-order valence-corrected chi connectivity index (χ3v) is 3.12. The lowest BCUT2D eigenvalue weighted by atomic mass is 10.2. The minimum Gasteiger partial charge on any atom is -0.438 e. The Balaban J connectivity index is 2.45. The maximum absolute atomic E-state index is 9.36. The summed E-state index contributed by atoms with van der Waals surface area (Å²) in [5.41, 5.74) is 3.98. The molecule has 0 amide bonds. The van der Waals surface area contributed by atoms with Crippen LogP contribution in [0.4, 0.5) is 5.82 Å². The van der Waals surface area contributed by atoms with Crippen LogP contribution in [0.1, 0.15) is 36.7 Å². The summed E-state index contributed by atoms with van der Waals surface area (Å²) >= 11 is 0. The maximum atomic E-state index is 9.36. The van der Waals surface area contributed by atoms with Gasteiger partial charge in [-0.1, -0.05) is 32.0 Å². The number of rotatable bonds is 5. The van der Waals surface area contributed by atoms with Crippen LogP contribution in [0.15, 0.2) is 24.3 Å². The largest absolute Gasteiger partial charge is 0.438 e. The normalized spacial score (nSPS) is 10.8. The van der Waals surface area contributed by atoms with E-state index in [4.69, 9.17) is 10.6 Å². The van der Waals surface area contributed by atoms with Gasteiger partial charge in [0.25, 0.3) is 0 Å². The highest BCUT2D eigenvalue weighted by Crippen LogP contribution is 2.30. The average Bonchev–Trinajstić information content (AvgIpc) is 2.49. The molecule has 1 aromatic carbocycles. The third kappa shape index (κ3) is 3.29. The zero-order valence-electron chi connectivity index (χ0n) is 12.4. The van der Waals surface area contributed by atoms with Crippen molar-refractivity contribution in [2.45, 2.75) is 33.3 Å². The number of nitrogens with two attached hydrogens (primary N) is 1. The Morgan fingerprint density at radius 1 is 1.29 bits per heavy atom. The molecule has 0 saturated heterocycles. The molecular weight excluding hydrogens is 268 g/mol. The Morgan fingerprint density at radius 3 is 2.62 bits per heavy atom. The summed E-state index contributed by atoms with van der Waals surface area (Å²) in [6.07, 6.45) is 0. The molecule has 0 saturated carbocycles. The number of hydrogen-bond donors (Lipinski definition) is 3. The molecule has 4 N–H and O–H groups in total. The number of aliphatic hydroxyl groups excluding tert-OH is 1. The molecular formula is C15H20N4O2. The van der Waals surface area contributed by atoms with Crippen molar-refractivity contribution in [3.05, 3.63) is 41.2 Å². The van der Waals surface area contributed by atoms with E-state index >= 15 is 0 Å². The van der Waals surface area contributed by atoms with Gasteiger partial charge in [-0.3, -0.25) is 0 Å². The first-order chi connectivity index (χ1) is 10.1. The fourth-order valence-corrected chi connectivity index (χ4v) is 1.85. The molecule has 112 valence electrons. The van der Waals surface area contributed by atoms with Gasteiger partial charge in [0.2, 0.25) is 5.88 Å². The first-order valence-corrected chi connectivity index (χ1v) is 6.78. The molecule has 0 bridgehead atoms. The number of anilines is 1. The Labute approximate surface area is 124 Å². The molecule has 2 aromatic rings. The van der Waals surface area contributed by atoms with E-state index in [9.17, 15) is 5.11 Å². The monoisotopic (exact) mass is 288 g/mol. The summed E-state index contributed by atoms with van der Waals surface area (Å²) in [4.78, 5) is 8.80. The van der Waals surface area contributed by atoms with Crippen molar-refractivity contribution < 1.29 is 9.84 Å². The average molecular weight is 288 g/mol. The number of hydrazine groups is 1. The molecule has 1 aromatic heterocycles. The topological polar surface area (TPSA) is 93.3 Å². The highest BCUT2D eigenvalue weighted by atomic mass is 16.5. The van der Waals surface area contributed by atoms with Crippen molar-refractivity contribution in [1.29, 1.82) is 0 Å². The maximum Gasteiger partial charge on any atom is 0.227 e. The number of benzene rings is 1. The van der Waals surface area contributed by atoms with Gasteiger partial charge in [0.05, 0.1) is 12.2 Å². The second-order valence-corrected chi connectivity index (χ2v) is 5.03. The predicted octanol–water partition coefficient (Wildman–Crippen LogP) is 2.48. The summed E-state index contributed by atoms with van der Waals surface area (Å²) in [6, 6.07) is 7.28. The van der Waals surface area contributed by atoms with Gasteiger partial charge in [0.15, 0.2) is 5.82 Å². The molecule has 0 aliphatic rings. The third-order valence-electron chi connectivity index (χ3n) is 3.12. The number of hydrogen-bond acceptors (Lipinski definition) is 6. The van der Waals surface area contributed by atoms with Crippen molar-refractivity contribution in [2.24, 2.45) is 5.84 Å². The zero-order valence-corrected chi connectivity index (χ0v) is 12.4. The summed E-state index contributed by atoms with van der Waals surface area (Å²) in [5.74, 6) is 7.83. The minimum absolute atomic E-state index is 0.0979. The molecule has 21 heavy (non-hydrogen) atoms. The molecule has 2 rings (SSSR count). The lowest BCUT2D eigenvalue weighted by Crippen LogP contribution is -2.13. The van der Waals surface area contributed by atoms with E-state index in [0.717, 1.165) is 5.56 Å². The van der Waals surface area contributed by atoms with Crippen LogP contribution < -0.4 is 16.0 Å². The van der Waals surface area contributed by atoms with E-state index in [1.807, 2.05) is 32.9 Å². The van der Waals surface area contributed by atoms with Crippen molar-refractivity contribution in [3.63, 3.8) is 0 Å². The van der Waals surface area contributed by atoms with Crippen LogP contribution in [-0.4, -0.2) is 15.1 Å². The van der Waals surface area contributed by atoms with E-state index in [0.29, 0.717) is 28.8 Å². The van der Waals surface area contributed by atoms with Gasteiger partial charge >= 0.3 is 0 Å². The number of para-hydroxylation sites is 1. The number of nitrogens with one attached hydrogen (secondary N) is 1. The summed E-state index contributed by atoms with van der Waals surface area (Å²) < 4.78 is 5.86. The highest BCUT2D eigenvalue weighted by Gasteiger charge is 2.15. The lowest BCUT2D eigenvalue weighted by molar-refractivity contribution is 0.276. The fraction of sp³-hybridized carbons (Fsp3) is 0.333. The van der Waals surface area contributed by atoms with Crippen molar-refractivity contribution in [1.82, 2.24) is 9.97 Å². The molecule has 0 aliphatic carbocycles. The van der Waals surface area contributed by atoms with Crippen molar-refractivity contribution >= 4 is 5.82 Å². The first kappa shape index (κ1) is 15.2. The molecule has 6 nitrogen and oxygen atoms in total. The van der Waals surface area contributed by atoms with Crippen LogP contribution in [-0.2, 0) is 6.61 Å². The Hall–Kier alpha value is -2.18. The molecule has 0 fully saturated rings. The van der Waals surface area contributed by atoms with Crippen LogP contribution in [0.3, 0.4) is 0 Å². The highest BCUT2D eigenvalue weighted by molar-refractivity contribution is 5.49. The first-order valence-electron chi connectivity index (χ1n) is 6.78. The minimum atomic E-state index is -0.0979. The van der Waals surface area contributed by atoms with Gasteiger partial charge in [0.1, 0.15) is 11.6 Å². The Morgan fingerprint density at radius 2 is 2.00 bits per heavy atom. The smallest absolute Gasteiger partial charge is 0.227 e. The molecule has 1 heterocycles. The fourth-order valence-electron chi connectivity index (χ4n) is 1.85. The van der Waals surface area contributed by atoms with Crippen LogP contribution >= 0.6 is 0 Å². The molecule has 0 spiro atoms. The zero-order chi connectivity index (χ0) is 15.4. The molecule has 0 unspecified atom stereocenters. The Bertz CT molecular complexity index is 629. The van der Waals surface area contributed by atoms with Gasteiger partial charge in [-0.15, -0.1) is 0 Å². The quantitative estimate of drug-likeness (QED) is 0.578. The summed E-state index contributed by atoms with van der Waals surface area (Å²) in [5, 5.41) is 9.36. The number of ether oxygens (including phenoxy) is 1. The summed E-state index contributed by atoms with van der Waals surface area (Å²) in [7, 11) is 0.